The van der Waals surface area contributed by atoms with Crippen molar-refractivity contribution in [3.63, 3.8) is 0 Å². The van der Waals surface area contributed by atoms with Crippen LogP contribution in [0.1, 0.15) is 36.0 Å². The number of benzene rings is 2. The Morgan fingerprint density at radius 2 is 1.86 bits per heavy atom. The van der Waals surface area contributed by atoms with Crippen molar-refractivity contribution in [2.75, 3.05) is 13.1 Å². The van der Waals surface area contributed by atoms with Gasteiger partial charge in [-0.05, 0) is 49.6 Å². The number of rotatable bonds is 7. The maximum absolute atomic E-state index is 13.1. The van der Waals surface area contributed by atoms with Gasteiger partial charge in [0.2, 0.25) is 0 Å². The molecule has 1 unspecified atom stereocenters. The van der Waals surface area contributed by atoms with Crippen molar-refractivity contribution >= 4 is 0 Å². The second-order valence-electron chi connectivity index (χ2n) is 5.65. The Bertz CT molecular complexity index is 548. The summed E-state index contributed by atoms with van der Waals surface area (Å²) in [6.45, 7) is 6.23. The largest absolute Gasteiger partial charge is 0.316 e. The molecule has 0 radical (unpaired) electrons. The SMILES string of the molecule is CCCNCC(Cc1cccc(C)c1)c1ccc(F)cc1. The van der Waals surface area contributed by atoms with E-state index in [0.717, 1.165) is 25.9 Å². The first-order valence-corrected chi connectivity index (χ1v) is 7.70. The van der Waals surface area contributed by atoms with Crippen molar-refractivity contribution in [2.45, 2.75) is 32.6 Å². The minimum Gasteiger partial charge on any atom is -0.316 e. The number of hydrogen-bond acceptors (Lipinski definition) is 1. The predicted octanol–water partition coefficient (Wildman–Crippen LogP) is 4.46. The molecule has 0 heterocycles. The van der Waals surface area contributed by atoms with Crippen LogP contribution in [-0.4, -0.2) is 13.1 Å². The van der Waals surface area contributed by atoms with Gasteiger partial charge in [0.25, 0.3) is 0 Å². The molecule has 1 atom stereocenters. The lowest BCUT2D eigenvalue weighted by atomic mass is 9.91. The Morgan fingerprint density at radius 1 is 1.10 bits per heavy atom. The molecule has 1 nitrogen and oxygen atoms in total. The van der Waals surface area contributed by atoms with E-state index in [1.54, 1.807) is 12.1 Å². The molecule has 0 saturated carbocycles. The average Bonchev–Trinajstić information content (AvgIpc) is 2.47. The second-order valence-corrected chi connectivity index (χ2v) is 5.65. The fourth-order valence-electron chi connectivity index (χ4n) is 2.62. The summed E-state index contributed by atoms with van der Waals surface area (Å²) in [5.41, 5.74) is 3.82. The Labute approximate surface area is 127 Å². The zero-order valence-electron chi connectivity index (χ0n) is 12.9. The number of aryl methyl sites for hydroxylation is 1. The van der Waals surface area contributed by atoms with Crippen molar-refractivity contribution in [3.8, 4) is 0 Å². The predicted molar refractivity (Wildman–Crippen MR) is 87.2 cm³/mol. The molecule has 112 valence electrons. The molecule has 0 amide bonds. The number of hydrogen-bond donors (Lipinski definition) is 1. The van der Waals surface area contributed by atoms with Gasteiger partial charge in [-0.25, -0.2) is 4.39 Å². The molecule has 0 aliphatic carbocycles. The summed E-state index contributed by atoms with van der Waals surface area (Å²) in [4.78, 5) is 0. The third kappa shape index (κ3) is 4.98. The van der Waals surface area contributed by atoms with Gasteiger partial charge in [-0.1, -0.05) is 48.9 Å². The van der Waals surface area contributed by atoms with Crippen LogP contribution in [-0.2, 0) is 6.42 Å². The van der Waals surface area contributed by atoms with Gasteiger partial charge in [0.05, 0.1) is 0 Å². The smallest absolute Gasteiger partial charge is 0.123 e. The summed E-state index contributed by atoms with van der Waals surface area (Å²) in [5, 5.41) is 3.49. The van der Waals surface area contributed by atoms with Crippen molar-refractivity contribution in [2.24, 2.45) is 0 Å². The van der Waals surface area contributed by atoms with Gasteiger partial charge >= 0.3 is 0 Å². The molecule has 0 fully saturated rings. The van der Waals surface area contributed by atoms with Crippen LogP contribution in [0.5, 0.6) is 0 Å². The standard InChI is InChI=1S/C19H24FN/c1-3-11-21-14-18(17-7-9-19(20)10-8-17)13-16-6-4-5-15(2)12-16/h4-10,12,18,21H,3,11,13-14H2,1-2H3. The molecule has 2 aromatic carbocycles. The van der Waals surface area contributed by atoms with Crippen molar-refractivity contribution in [1.82, 2.24) is 5.32 Å². The summed E-state index contributed by atoms with van der Waals surface area (Å²) < 4.78 is 13.1. The van der Waals surface area contributed by atoms with Gasteiger partial charge in [0, 0.05) is 12.5 Å². The molecular formula is C19H24FN. The lowest BCUT2D eigenvalue weighted by Crippen LogP contribution is -2.23. The molecule has 0 aliphatic heterocycles. The molecule has 0 aliphatic rings. The molecular weight excluding hydrogens is 261 g/mol. The molecule has 21 heavy (non-hydrogen) atoms. The molecule has 0 bridgehead atoms. The maximum Gasteiger partial charge on any atom is 0.123 e. The minimum atomic E-state index is -0.172. The molecule has 0 aromatic heterocycles. The van der Waals surface area contributed by atoms with Gasteiger partial charge in [-0.2, -0.15) is 0 Å². The Balaban J connectivity index is 2.13. The van der Waals surface area contributed by atoms with Crippen LogP contribution < -0.4 is 5.32 Å². The highest BCUT2D eigenvalue weighted by Gasteiger charge is 2.12. The topological polar surface area (TPSA) is 12.0 Å². The molecule has 2 rings (SSSR count). The zero-order valence-corrected chi connectivity index (χ0v) is 12.9. The first kappa shape index (κ1) is 15.7. The van der Waals surface area contributed by atoms with Crippen LogP contribution in [0.2, 0.25) is 0 Å². The first-order valence-electron chi connectivity index (χ1n) is 7.70. The fourth-order valence-corrected chi connectivity index (χ4v) is 2.62. The van der Waals surface area contributed by atoms with Gasteiger partial charge in [0.15, 0.2) is 0 Å². The fraction of sp³-hybridized carbons (Fsp3) is 0.368. The van der Waals surface area contributed by atoms with Gasteiger partial charge in [0.1, 0.15) is 5.82 Å². The zero-order chi connectivity index (χ0) is 15.1. The third-order valence-electron chi connectivity index (χ3n) is 3.72. The average molecular weight is 285 g/mol. The number of halogens is 1. The first-order chi connectivity index (χ1) is 10.2. The van der Waals surface area contributed by atoms with E-state index in [4.69, 9.17) is 0 Å². The monoisotopic (exact) mass is 285 g/mol. The van der Waals surface area contributed by atoms with Crippen LogP contribution in [0, 0.1) is 12.7 Å². The summed E-state index contributed by atoms with van der Waals surface area (Å²) in [6.07, 6.45) is 2.10. The number of nitrogens with one attached hydrogen (secondary N) is 1. The lowest BCUT2D eigenvalue weighted by Gasteiger charge is -2.18. The van der Waals surface area contributed by atoms with Crippen LogP contribution in [0.25, 0.3) is 0 Å². The molecule has 2 aromatic rings. The highest BCUT2D eigenvalue weighted by molar-refractivity contribution is 5.27. The summed E-state index contributed by atoms with van der Waals surface area (Å²) in [6, 6.07) is 15.5. The third-order valence-corrected chi connectivity index (χ3v) is 3.72. The van der Waals surface area contributed by atoms with Crippen molar-refractivity contribution in [1.29, 1.82) is 0 Å². The molecule has 1 N–H and O–H groups in total. The van der Waals surface area contributed by atoms with E-state index < -0.39 is 0 Å². The maximum atomic E-state index is 13.1. The van der Waals surface area contributed by atoms with Gasteiger partial charge in [-0.15, -0.1) is 0 Å². The highest BCUT2D eigenvalue weighted by atomic mass is 19.1. The van der Waals surface area contributed by atoms with Crippen molar-refractivity contribution in [3.05, 3.63) is 71.0 Å². The van der Waals surface area contributed by atoms with Crippen LogP contribution in [0.15, 0.2) is 48.5 Å². The van der Waals surface area contributed by atoms with Gasteiger partial charge < -0.3 is 5.32 Å². The van der Waals surface area contributed by atoms with Crippen LogP contribution >= 0.6 is 0 Å². The van der Waals surface area contributed by atoms with E-state index in [9.17, 15) is 4.39 Å². The highest BCUT2D eigenvalue weighted by Crippen LogP contribution is 2.21. The van der Waals surface area contributed by atoms with Gasteiger partial charge in [-0.3, -0.25) is 0 Å². The van der Waals surface area contributed by atoms with E-state index in [0.29, 0.717) is 5.92 Å². The normalized spacial score (nSPS) is 12.3. The molecule has 0 spiro atoms. The van der Waals surface area contributed by atoms with E-state index in [-0.39, 0.29) is 5.82 Å². The Morgan fingerprint density at radius 3 is 2.52 bits per heavy atom. The molecule has 2 heteroatoms. The Hall–Kier alpha value is -1.67. The van der Waals surface area contributed by atoms with Crippen molar-refractivity contribution < 1.29 is 4.39 Å². The lowest BCUT2D eigenvalue weighted by molar-refractivity contribution is 0.573. The molecule has 0 saturated heterocycles. The Kier molecular flexibility index (Phi) is 5.94. The van der Waals surface area contributed by atoms with E-state index in [1.165, 1.54) is 16.7 Å². The van der Waals surface area contributed by atoms with E-state index in [1.807, 2.05) is 12.1 Å². The van der Waals surface area contributed by atoms with E-state index >= 15 is 0 Å². The summed E-state index contributed by atoms with van der Waals surface area (Å²) in [5.74, 6) is 0.202. The quantitative estimate of drug-likeness (QED) is 0.741. The summed E-state index contributed by atoms with van der Waals surface area (Å²) in [7, 11) is 0. The van der Waals surface area contributed by atoms with Crippen LogP contribution in [0.4, 0.5) is 4.39 Å². The van der Waals surface area contributed by atoms with E-state index in [2.05, 4.69) is 43.4 Å². The second kappa shape index (κ2) is 7.94. The summed E-state index contributed by atoms with van der Waals surface area (Å²) >= 11 is 0. The minimum absolute atomic E-state index is 0.172. The van der Waals surface area contributed by atoms with Crippen LogP contribution in [0.3, 0.4) is 0 Å².